The van der Waals surface area contributed by atoms with Gasteiger partial charge in [0.2, 0.25) is 0 Å². The van der Waals surface area contributed by atoms with Gasteiger partial charge in [0.25, 0.3) is 5.56 Å². The van der Waals surface area contributed by atoms with Crippen molar-refractivity contribution >= 4 is 50.4 Å². The van der Waals surface area contributed by atoms with Gasteiger partial charge in [-0.1, -0.05) is 11.6 Å². The molecule has 0 atom stereocenters. The van der Waals surface area contributed by atoms with Gasteiger partial charge in [0.1, 0.15) is 0 Å². The van der Waals surface area contributed by atoms with Crippen molar-refractivity contribution in [3.63, 3.8) is 0 Å². The molecule has 5 rings (SSSR count). The van der Waals surface area contributed by atoms with E-state index in [0.29, 0.717) is 27.5 Å². The van der Waals surface area contributed by atoms with Crippen LogP contribution in [-0.2, 0) is 6.54 Å². The number of thiazole rings is 1. The molecule has 0 unspecified atom stereocenters. The molecular weight excluding hydrogens is 436 g/mol. The molecule has 0 spiro atoms. The number of nitrogens with one attached hydrogen (secondary N) is 1. The van der Waals surface area contributed by atoms with E-state index in [0.717, 1.165) is 15.1 Å². The first-order chi connectivity index (χ1) is 14.8. The average molecular weight is 453 g/mol. The summed E-state index contributed by atoms with van der Waals surface area (Å²) in [5.41, 5.74) is 1.35. The number of carboxylic acid groups (broad SMARTS) is 1. The largest absolute Gasteiger partial charge is 0.477 e. The van der Waals surface area contributed by atoms with E-state index in [4.69, 9.17) is 0 Å². The lowest BCUT2D eigenvalue weighted by Crippen LogP contribution is -2.34. The summed E-state index contributed by atoms with van der Waals surface area (Å²) in [7, 11) is 0. The number of carboxylic acids is 1. The number of hydrogen-bond acceptors (Lipinski definition) is 6. The zero-order valence-electron chi connectivity index (χ0n) is 16.5. The molecule has 1 aromatic carbocycles. The number of aromatic carboxylic acids is 1. The maximum atomic E-state index is 13.2. The Balaban J connectivity index is 1.92. The number of aryl methyl sites for hydroxylation is 2. The zero-order chi connectivity index (χ0) is 21.9. The third kappa shape index (κ3) is 3.03. The van der Waals surface area contributed by atoms with Crippen LogP contribution in [0.25, 0.3) is 27.5 Å². The molecule has 0 aliphatic rings. The summed E-state index contributed by atoms with van der Waals surface area (Å²) in [6.07, 6.45) is 0. The van der Waals surface area contributed by atoms with E-state index in [2.05, 4.69) is 9.97 Å². The molecule has 0 radical (unpaired) electrons. The van der Waals surface area contributed by atoms with Crippen molar-refractivity contribution < 1.29 is 9.90 Å². The Labute approximate surface area is 182 Å². The molecule has 0 bridgehead atoms. The van der Waals surface area contributed by atoms with Crippen LogP contribution in [0.15, 0.2) is 43.9 Å². The van der Waals surface area contributed by atoms with Crippen LogP contribution >= 0.6 is 22.7 Å². The van der Waals surface area contributed by atoms with E-state index in [1.807, 2.05) is 31.4 Å². The summed E-state index contributed by atoms with van der Waals surface area (Å²) in [5, 5.41) is 17.1. The number of aromatic nitrogens is 4. The Morgan fingerprint density at radius 2 is 1.97 bits per heavy atom. The van der Waals surface area contributed by atoms with Crippen LogP contribution in [0.2, 0.25) is 0 Å². The lowest BCUT2D eigenvalue weighted by molar-refractivity contribution is 0.0686. The maximum absolute atomic E-state index is 13.2. The predicted molar refractivity (Wildman–Crippen MR) is 121 cm³/mol. The van der Waals surface area contributed by atoms with E-state index >= 15 is 0 Å². The standard InChI is InChI=1S/C21H16N4O4S2/c1-10-3-4-16-13(5-10)17(25-19(26)14-8-30-9-15(14)23-21(25)29)18(20(27)28)24(16)6-12-7-31-11(2)22-12/h3-5,7-9H,6H2,1-2H3,(H,23,29)(H,27,28). The molecule has 8 nitrogen and oxygen atoms in total. The van der Waals surface area contributed by atoms with Crippen LogP contribution in [0.3, 0.4) is 0 Å². The third-order valence-electron chi connectivity index (χ3n) is 5.15. The molecule has 5 aromatic rings. The Morgan fingerprint density at radius 1 is 1.16 bits per heavy atom. The van der Waals surface area contributed by atoms with E-state index in [9.17, 15) is 19.5 Å². The quantitative estimate of drug-likeness (QED) is 0.434. The monoisotopic (exact) mass is 452 g/mol. The number of aromatic amines is 1. The molecule has 31 heavy (non-hydrogen) atoms. The topological polar surface area (TPSA) is 110 Å². The maximum Gasteiger partial charge on any atom is 0.354 e. The number of hydrogen-bond donors (Lipinski definition) is 2. The normalized spacial score (nSPS) is 11.5. The average Bonchev–Trinajstić information content (AvgIpc) is 3.41. The number of thiophene rings is 1. The minimum Gasteiger partial charge on any atom is -0.477 e. The van der Waals surface area contributed by atoms with Crippen LogP contribution in [0, 0.1) is 13.8 Å². The Kier molecular flexibility index (Phi) is 4.42. The fraction of sp³-hybridized carbons (Fsp3) is 0.143. The van der Waals surface area contributed by atoms with Crippen molar-refractivity contribution in [1.82, 2.24) is 19.1 Å². The van der Waals surface area contributed by atoms with Gasteiger partial charge in [-0.15, -0.1) is 22.7 Å². The second-order valence-corrected chi connectivity index (χ2v) is 9.04. The minimum absolute atomic E-state index is 0.0671. The minimum atomic E-state index is -1.23. The first-order valence-corrected chi connectivity index (χ1v) is 11.2. The summed E-state index contributed by atoms with van der Waals surface area (Å²) in [6.45, 7) is 3.96. The van der Waals surface area contributed by atoms with Crippen LogP contribution in [-0.4, -0.2) is 30.2 Å². The number of carbonyl (C=O) groups is 1. The summed E-state index contributed by atoms with van der Waals surface area (Å²) in [6, 6.07) is 5.47. The predicted octanol–water partition coefficient (Wildman–Crippen LogP) is 3.52. The molecule has 4 heterocycles. The number of rotatable bonds is 4. The van der Waals surface area contributed by atoms with Crippen molar-refractivity contribution in [2.45, 2.75) is 20.4 Å². The molecule has 0 amide bonds. The van der Waals surface area contributed by atoms with Gasteiger partial charge < -0.3 is 14.7 Å². The Bertz CT molecular complexity index is 1620. The van der Waals surface area contributed by atoms with Gasteiger partial charge in [-0.2, -0.15) is 0 Å². The Hall–Kier alpha value is -3.50. The highest BCUT2D eigenvalue weighted by Gasteiger charge is 2.27. The molecule has 2 N–H and O–H groups in total. The van der Waals surface area contributed by atoms with Crippen molar-refractivity contribution in [3.05, 3.63) is 77.1 Å². The molecule has 0 saturated heterocycles. The highest BCUT2D eigenvalue weighted by Crippen LogP contribution is 2.31. The second kappa shape index (κ2) is 7.03. The highest BCUT2D eigenvalue weighted by molar-refractivity contribution is 7.09. The van der Waals surface area contributed by atoms with Gasteiger partial charge in [0.15, 0.2) is 5.69 Å². The van der Waals surface area contributed by atoms with Crippen LogP contribution in [0.4, 0.5) is 0 Å². The number of benzene rings is 1. The van der Waals surface area contributed by atoms with Crippen molar-refractivity contribution in [2.75, 3.05) is 0 Å². The fourth-order valence-electron chi connectivity index (χ4n) is 3.85. The van der Waals surface area contributed by atoms with Gasteiger partial charge in [-0.3, -0.25) is 4.79 Å². The molecule has 0 fully saturated rings. The summed E-state index contributed by atoms with van der Waals surface area (Å²) < 4.78 is 2.54. The van der Waals surface area contributed by atoms with Gasteiger partial charge in [0.05, 0.1) is 39.4 Å². The molecule has 156 valence electrons. The number of nitrogens with zero attached hydrogens (tertiary/aromatic N) is 3. The van der Waals surface area contributed by atoms with Crippen molar-refractivity contribution in [2.24, 2.45) is 0 Å². The van der Waals surface area contributed by atoms with Gasteiger partial charge in [-0.05, 0) is 26.0 Å². The third-order valence-corrected chi connectivity index (χ3v) is 6.71. The highest BCUT2D eigenvalue weighted by atomic mass is 32.1. The van der Waals surface area contributed by atoms with Gasteiger partial charge >= 0.3 is 11.7 Å². The summed E-state index contributed by atoms with van der Waals surface area (Å²) in [4.78, 5) is 45.7. The molecule has 0 aliphatic carbocycles. The second-order valence-electron chi connectivity index (χ2n) is 7.24. The zero-order valence-corrected chi connectivity index (χ0v) is 18.1. The fourth-order valence-corrected chi connectivity index (χ4v) is 5.20. The van der Waals surface area contributed by atoms with E-state index in [1.54, 1.807) is 21.4 Å². The van der Waals surface area contributed by atoms with Crippen molar-refractivity contribution in [3.8, 4) is 5.69 Å². The number of H-pyrrole nitrogens is 1. The SMILES string of the molecule is Cc1ccc2c(c1)c(-n1c(=O)[nH]c3cscc3c1=O)c(C(=O)O)n2Cc1csc(C)n1. The lowest BCUT2D eigenvalue weighted by Gasteiger charge is -2.08. The molecule has 4 aromatic heterocycles. The number of fused-ring (bicyclic) bond motifs is 2. The first kappa shape index (κ1) is 19.5. The molecular formula is C21H16N4O4S2. The van der Waals surface area contributed by atoms with Crippen LogP contribution in [0.1, 0.15) is 26.8 Å². The van der Waals surface area contributed by atoms with Gasteiger partial charge in [0, 0.05) is 21.5 Å². The molecule has 10 heteroatoms. The summed E-state index contributed by atoms with van der Waals surface area (Å²) in [5.74, 6) is -1.23. The smallest absolute Gasteiger partial charge is 0.354 e. The summed E-state index contributed by atoms with van der Waals surface area (Å²) >= 11 is 2.77. The van der Waals surface area contributed by atoms with Crippen LogP contribution in [0.5, 0.6) is 0 Å². The lowest BCUT2D eigenvalue weighted by atomic mass is 10.1. The first-order valence-electron chi connectivity index (χ1n) is 9.34. The molecule has 0 saturated carbocycles. The van der Waals surface area contributed by atoms with E-state index < -0.39 is 17.2 Å². The van der Waals surface area contributed by atoms with Crippen molar-refractivity contribution in [1.29, 1.82) is 0 Å². The Morgan fingerprint density at radius 3 is 2.68 bits per heavy atom. The van der Waals surface area contributed by atoms with Gasteiger partial charge in [-0.25, -0.2) is 19.1 Å². The van der Waals surface area contributed by atoms with E-state index in [-0.39, 0.29) is 17.9 Å². The van der Waals surface area contributed by atoms with E-state index in [1.165, 1.54) is 22.7 Å². The molecule has 0 aliphatic heterocycles. The van der Waals surface area contributed by atoms with Crippen LogP contribution < -0.4 is 11.2 Å².